The van der Waals surface area contributed by atoms with Crippen LogP contribution in [0.25, 0.3) is 44.3 Å². The minimum absolute atomic E-state index is 0. The third kappa shape index (κ3) is 6.41. The van der Waals surface area contributed by atoms with E-state index in [4.69, 9.17) is 0 Å². The molecule has 6 rings (SSSR count). The van der Waals surface area contributed by atoms with Crippen molar-refractivity contribution in [2.24, 2.45) is 0 Å². The number of carboxylic acid groups (broad SMARTS) is 2. The van der Waals surface area contributed by atoms with Gasteiger partial charge in [-0.2, -0.15) is 0 Å². The monoisotopic (exact) mass is 584 g/mol. The molecule has 0 aliphatic rings. The average molecular weight is 584 g/mol. The number of aromatic nitrogens is 2. The average Bonchev–Trinajstić information content (AvgIpc) is 2.97. The molecule has 0 N–H and O–H groups in total. The van der Waals surface area contributed by atoms with Gasteiger partial charge in [-0.1, -0.05) is 97.1 Å². The van der Waals surface area contributed by atoms with E-state index in [1.165, 1.54) is 0 Å². The Morgan fingerprint density at radius 2 is 0.821 bits per heavy atom. The van der Waals surface area contributed by atoms with Gasteiger partial charge in [-0.25, -0.2) is 9.97 Å². The number of hydrogen-bond acceptors (Lipinski definition) is 6. The molecule has 7 heteroatoms. The van der Waals surface area contributed by atoms with Crippen LogP contribution in [0, 0.1) is 0 Å². The molecule has 0 unspecified atom stereocenters. The quantitative estimate of drug-likeness (QED) is 0.289. The maximum Gasteiger partial charge on any atom is 2.00 e. The first-order chi connectivity index (χ1) is 18.5. The number of nitrogens with zero attached hydrogens (tertiary/aromatic N) is 2. The Morgan fingerprint density at radius 1 is 0.487 bits per heavy atom. The number of pyridine rings is 2. The van der Waals surface area contributed by atoms with Gasteiger partial charge in [-0.15, -0.1) is 0 Å². The predicted molar refractivity (Wildman–Crippen MR) is 149 cm³/mol. The molecule has 0 fully saturated rings. The minimum Gasteiger partial charge on any atom is -0.545 e. The molecule has 0 saturated carbocycles. The van der Waals surface area contributed by atoms with Crippen molar-refractivity contribution in [3.63, 3.8) is 0 Å². The number of carbonyl (C=O) groups is 2. The Hall–Kier alpha value is -3.88. The first-order valence-corrected chi connectivity index (χ1v) is 11.8. The summed E-state index contributed by atoms with van der Waals surface area (Å²) < 4.78 is 0. The Kier molecular flexibility index (Phi) is 9.22. The molecule has 2 heterocycles. The zero-order valence-electron chi connectivity index (χ0n) is 20.8. The first-order valence-electron chi connectivity index (χ1n) is 11.8. The molecule has 0 saturated heterocycles. The van der Waals surface area contributed by atoms with Gasteiger partial charge in [0.15, 0.2) is 0 Å². The van der Waals surface area contributed by atoms with Gasteiger partial charge in [0.25, 0.3) is 0 Å². The third-order valence-electron chi connectivity index (χ3n) is 6.01. The summed E-state index contributed by atoms with van der Waals surface area (Å²) in [5, 5.41) is 23.7. The fraction of sp³-hybridized carbons (Fsp3) is 0. The maximum absolute atomic E-state index is 11.3. The van der Waals surface area contributed by atoms with E-state index in [1.807, 2.05) is 72.8 Å². The van der Waals surface area contributed by atoms with E-state index in [9.17, 15) is 19.8 Å². The first kappa shape index (κ1) is 28.1. The number of aromatic carboxylic acids is 2. The van der Waals surface area contributed by atoms with Gasteiger partial charge in [-0.3, -0.25) is 0 Å². The van der Waals surface area contributed by atoms with Crippen LogP contribution in [0.5, 0.6) is 0 Å². The van der Waals surface area contributed by atoms with E-state index in [-0.39, 0.29) is 56.6 Å². The van der Waals surface area contributed by atoms with Crippen molar-refractivity contribution in [1.29, 1.82) is 0 Å². The Bertz CT molecular complexity index is 1640. The molecule has 0 amide bonds. The van der Waals surface area contributed by atoms with E-state index in [1.54, 1.807) is 48.5 Å². The summed E-state index contributed by atoms with van der Waals surface area (Å²) in [6.07, 6.45) is 0. The zero-order valence-corrected chi connectivity index (χ0v) is 24.3. The number of benzene rings is 4. The van der Waals surface area contributed by atoms with Crippen molar-refractivity contribution in [1.82, 2.24) is 9.97 Å². The second kappa shape index (κ2) is 12.8. The van der Waals surface area contributed by atoms with Crippen LogP contribution in [0.3, 0.4) is 0 Å². The summed E-state index contributed by atoms with van der Waals surface area (Å²) in [4.78, 5) is 31.5. The summed E-state index contributed by atoms with van der Waals surface area (Å²) in [5.41, 5.74) is 4.70. The van der Waals surface area contributed by atoms with Crippen LogP contribution in [-0.4, -0.2) is 67.4 Å². The van der Waals surface area contributed by atoms with E-state index < -0.39 is 11.9 Å². The van der Waals surface area contributed by atoms with Crippen LogP contribution in [0.2, 0.25) is 0 Å². The van der Waals surface area contributed by atoms with Crippen LogP contribution in [-0.2, 0) is 0 Å². The number of rotatable bonds is 4. The van der Waals surface area contributed by atoms with Gasteiger partial charge in [0.05, 0.1) is 34.4 Å². The summed E-state index contributed by atoms with van der Waals surface area (Å²) in [5.74, 6) is -2.37. The van der Waals surface area contributed by atoms with E-state index in [0.29, 0.717) is 33.2 Å². The summed E-state index contributed by atoms with van der Waals surface area (Å²) in [6.45, 7) is 0. The molecule has 0 bridgehead atoms. The number of hydrogen-bond donors (Lipinski definition) is 0. The second-order valence-corrected chi connectivity index (χ2v) is 8.45. The normalized spacial score (nSPS) is 10.3. The van der Waals surface area contributed by atoms with Crippen LogP contribution in [0.4, 0.5) is 0 Å². The minimum atomic E-state index is -1.18. The fourth-order valence-electron chi connectivity index (χ4n) is 4.20. The van der Waals surface area contributed by atoms with Crippen molar-refractivity contribution >= 4 is 79.2 Å². The Balaban J connectivity index is 0.000000176. The molecule has 0 spiro atoms. The number of fused-ring (bicyclic) bond motifs is 2. The smallest absolute Gasteiger partial charge is 0.545 e. The van der Waals surface area contributed by atoms with E-state index >= 15 is 0 Å². The molecule has 184 valence electrons. The predicted octanol–water partition coefficient (Wildman–Crippen LogP) is 4.15. The van der Waals surface area contributed by atoms with Crippen LogP contribution in [0.15, 0.2) is 121 Å². The molecule has 0 aliphatic heterocycles. The van der Waals surface area contributed by atoms with Crippen molar-refractivity contribution in [2.45, 2.75) is 0 Å². The van der Waals surface area contributed by atoms with Gasteiger partial charge in [0.2, 0.25) is 0 Å². The second-order valence-electron chi connectivity index (χ2n) is 8.45. The van der Waals surface area contributed by atoms with Gasteiger partial charge < -0.3 is 19.8 Å². The SMILES string of the molecule is O=C([O-])c1cc(-c2ccccc2)nc2ccccc12.O=C([O-])c1cc(-c2ccccc2)nc2ccccc12.[Sr+2]. The van der Waals surface area contributed by atoms with E-state index in [0.717, 1.165) is 11.1 Å². The molecule has 0 aliphatic carbocycles. The molecular formula is C32H20N2O4Sr. The summed E-state index contributed by atoms with van der Waals surface area (Å²) >= 11 is 0. The standard InChI is InChI=1S/2C16H11NO2.Sr/c2*18-16(19)13-10-15(11-6-2-1-3-7-11)17-14-9-5-4-8-12(13)14;/h2*1-10H,(H,18,19);/q;;+2/p-2. The van der Waals surface area contributed by atoms with Crippen LogP contribution in [0.1, 0.15) is 20.7 Å². The van der Waals surface area contributed by atoms with Gasteiger partial charge >= 0.3 is 45.5 Å². The molecule has 0 radical (unpaired) electrons. The number of para-hydroxylation sites is 2. The number of carboxylic acids is 2. The summed E-state index contributed by atoms with van der Waals surface area (Å²) in [6, 6.07) is 36.4. The fourth-order valence-corrected chi connectivity index (χ4v) is 4.20. The molecule has 39 heavy (non-hydrogen) atoms. The van der Waals surface area contributed by atoms with Crippen molar-refractivity contribution in [2.75, 3.05) is 0 Å². The molecule has 0 atom stereocenters. The van der Waals surface area contributed by atoms with Crippen molar-refractivity contribution in [3.8, 4) is 22.5 Å². The molecule has 6 nitrogen and oxygen atoms in total. The Labute approximate surface area is 261 Å². The zero-order chi connectivity index (χ0) is 26.5. The molecule has 4 aromatic carbocycles. The van der Waals surface area contributed by atoms with Crippen LogP contribution < -0.4 is 10.2 Å². The van der Waals surface area contributed by atoms with Gasteiger partial charge in [0, 0.05) is 33.0 Å². The van der Waals surface area contributed by atoms with Crippen molar-refractivity contribution < 1.29 is 19.8 Å². The topological polar surface area (TPSA) is 106 Å². The Morgan fingerprint density at radius 3 is 1.18 bits per heavy atom. The van der Waals surface area contributed by atoms with E-state index in [2.05, 4.69) is 9.97 Å². The maximum atomic E-state index is 11.3. The molecular weight excluding hydrogens is 564 g/mol. The number of carbonyl (C=O) groups excluding carboxylic acids is 2. The summed E-state index contributed by atoms with van der Waals surface area (Å²) in [7, 11) is 0. The molecule has 6 aromatic rings. The van der Waals surface area contributed by atoms with Gasteiger partial charge in [-0.05, 0) is 24.3 Å². The largest absolute Gasteiger partial charge is 2.00 e. The van der Waals surface area contributed by atoms with Crippen LogP contribution >= 0.6 is 0 Å². The van der Waals surface area contributed by atoms with Crippen molar-refractivity contribution in [3.05, 3.63) is 132 Å². The van der Waals surface area contributed by atoms with Gasteiger partial charge in [0.1, 0.15) is 0 Å². The third-order valence-corrected chi connectivity index (χ3v) is 6.01. The molecule has 2 aromatic heterocycles.